The van der Waals surface area contributed by atoms with Gasteiger partial charge in [0.1, 0.15) is 5.82 Å². The highest BCUT2D eigenvalue weighted by molar-refractivity contribution is 5.55. The minimum atomic E-state index is -0.654. The van der Waals surface area contributed by atoms with Crippen LogP contribution in [0.1, 0.15) is 31.9 Å². The fourth-order valence-corrected chi connectivity index (χ4v) is 2.85. The number of likely N-dealkylation sites (N-methyl/N-ethyl adjacent to an activating group) is 1. The Morgan fingerprint density at radius 2 is 2.11 bits per heavy atom. The van der Waals surface area contributed by atoms with Crippen molar-refractivity contribution in [1.29, 1.82) is 0 Å². The summed E-state index contributed by atoms with van der Waals surface area (Å²) in [4.78, 5) is 4.60. The molecule has 2 atom stereocenters. The smallest absolute Gasteiger partial charge is 0.123 e. The van der Waals surface area contributed by atoms with Gasteiger partial charge in [-0.1, -0.05) is 0 Å². The lowest BCUT2D eigenvalue weighted by atomic mass is 10.1. The molecule has 0 aromatic heterocycles. The van der Waals surface area contributed by atoms with Gasteiger partial charge in [0.25, 0.3) is 0 Å². The van der Waals surface area contributed by atoms with E-state index in [0.717, 1.165) is 31.7 Å². The van der Waals surface area contributed by atoms with E-state index >= 15 is 0 Å². The summed E-state index contributed by atoms with van der Waals surface area (Å²) < 4.78 is 13.4. The van der Waals surface area contributed by atoms with Crippen LogP contribution in [0, 0.1) is 5.82 Å². The number of halogens is 1. The van der Waals surface area contributed by atoms with Crippen LogP contribution in [0.2, 0.25) is 0 Å². The molecule has 4 heteroatoms. The fraction of sp³-hybridized carbons (Fsp3) is 0.600. The second-order valence-corrected chi connectivity index (χ2v) is 5.54. The Bertz CT molecular complexity index is 436. The molecule has 19 heavy (non-hydrogen) atoms. The molecular weight excluding hydrogens is 243 g/mol. The third kappa shape index (κ3) is 3.25. The summed E-state index contributed by atoms with van der Waals surface area (Å²) in [5, 5.41) is 9.86. The third-order valence-electron chi connectivity index (χ3n) is 3.80. The Hall–Kier alpha value is -1.13. The summed E-state index contributed by atoms with van der Waals surface area (Å²) in [6, 6.07) is 5.07. The van der Waals surface area contributed by atoms with Gasteiger partial charge in [-0.2, -0.15) is 0 Å². The van der Waals surface area contributed by atoms with Gasteiger partial charge in [-0.05, 0) is 52.1 Å². The zero-order valence-corrected chi connectivity index (χ0v) is 11.9. The van der Waals surface area contributed by atoms with Crippen LogP contribution in [0.15, 0.2) is 18.2 Å². The van der Waals surface area contributed by atoms with Crippen molar-refractivity contribution in [3.8, 4) is 0 Å². The summed E-state index contributed by atoms with van der Waals surface area (Å²) in [5.41, 5.74) is 1.63. The lowest BCUT2D eigenvalue weighted by Crippen LogP contribution is -2.38. The van der Waals surface area contributed by atoms with Crippen molar-refractivity contribution >= 4 is 5.69 Å². The Balaban J connectivity index is 2.34. The van der Waals surface area contributed by atoms with Gasteiger partial charge < -0.3 is 14.9 Å². The molecule has 1 aliphatic heterocycles. The van der Waals surface area contributed by atoms with Crippen LogP contribution in [0.4, 0.5) is 10.1 Å². The molecule has 0 aliphatic carbocycles. The van der Waals surface area contributed by atoms with Gasteiger partial charge in [0.15, 0.2) is 0 Å². The average Bonchev–Trinajstić information content (AvgIpc) is 2.50. The molecule has 0 amide bonds. The zero-order chi connectivity index (χ0) is 14.0. The van der Waals surface area contributed by atoms with E-state index in [2.05, 4.69) is 23.8 Å². The van der Waals surface area contributed by atoms with Crippen molar-refractivity contribution in [1.82, 2.24) is 4.90 Å². The van der Waals surface area contributed by atoms with Gasteiger partial charge in [-0.15, -0.1) is 0 Å². The number of nitrogens with zero attached hydrogens (tertiary/aromatic N) is 2. The third-order valence-corrected chi connectivity index (χ3v) is 3.80. The van der Waals surface area contributed by atoms with E-state index in [1.165, 1.54) is 12.1 Å². The van der Waals surface area contributed by atoms with Crippen molar-refractivity contribution in [3.63, 3.8) is 0 Å². The molecule has 3 nitrogen and oxygen atoms in total. The molecule has 0 bridgehead atoms. The van der Waals surface area contributed by atoms with Crippen LogP contribution in [0.25, 0.3) is 0 Å². The summed E-state index contributed by atoms with van der Waals surface area (Å²) in [7, 11) is 2.13. The van der Waals surface area contributed by atoms with Gasteiger partial charge in [0, 0.05) is 30.4 Å². The van der Waals surface area contributed by atoms with Crippen molar-refractivity contribution in [2.75, 3.05) is 31.6 Å². The molecule has 1 fully saturated rings. The highest BCUT2D eigenvalue weighted by Crippen LogP contribution is 2.29. The molecular formula is C15H23FN2O. The van der Waals surface area contributed by atoms with Crippen LogP contribution >= 0.6 is 0 Å². The number of aliphatic hydroxyl groups excluding tert-OH is 1. The van der Waals surface area contributed by atoms with E-state index in [0.29, 0.717) is 11.6 Å². The standard InChI is InChI=1S/C15H23FN2O/c1-11-10-17(3)7-4-8-18(11)15-6-5-13(16)9-14(15)12(2)19/h5-6,9,11-12,19H,4,7-8,10H2,1-3H3. The SMILES string of the molecule is CC(O)c1cc(F)ccc1N1CCCN(C)CC1C. The molecule has 1 saturated heterocycles. The lowest BCUT2D eigenvalue weighted by molar-refractivity contribution is 0.199. The number of rotatable bonds is 2. The number of benzene rings is 1. The van der Waals surface area contributed by atoms with E-state index < -0.39 is 6.10 Å². The minimum absolute atomic E-state index is 0.292. The normalized spacial score (nSPS) is 23.2. The molecule has 1 aromatic rings. The zero-order valence-electron chi connectivity index (χ0n) is 11.9. The molecule has 2 rings (SSSR count). The fourth-order valence-electron chi connectivity index (χ4n) is 2.85. The van der Waals surface area contributed by atoms with E-state index in [9.17, 15) is 9.50 Å². The van der Waals surface area contributed by atoms with Crippen molar-refractivity contribution < 1.29 is 9.50 Å². The van der Waals surface area contributed by atoms with Crippen molar-refractivity contribution in [2.24, 2.45) is 0 Å². The largest absolute Gasteiger partial charge is 0.389 e. The van der Waals surface area contributed by atoms with Crippen molar-refractivity contribution in [2.45, 2.75) is 32.4 Å². The van der Waals surface area contributed by atoms with Crippen LogP contribution in [-0.4, -0.2) is 42.7 Å². The van der Waals surface area contributed by atoms with Gasteiger partial charge in [0.05, 0.1) is 6.10 Å². The Morgan fingerprint density at radius 3 is 2.79 bits per heavy atom. The Morgan fingerprint density at radius 1 is 1.37 bits per heavy atom. The predicted molar refractivity (Wildman–Crippen MR) is 76.0 cm³/mol. The van der Waals surface area contributed by atoms with E-state index in [-0.39, 0.29) is 5.82 Å². The first-order chi connectivity index (χ1) is 8.99. The number of hydrogen-bond donors (Lipinski definition) is 1. The van der Waals surface area contributed by atoms with Gasteiger partial charge in [-0.25, -0.2) is 4.39 Å². The Labute approximate surface area is 114 Å². The molecule has 106 valence electrons. The predicted octanol–water partition coefficient (Wildman–Crippen LogP) is 2.41. The maximum Gasteiger partial charge on any atom is 0.123 e. The molecule has 0 radical (unpaired) electrons. The average molecular weight is 266 g/mol. The van der Waals surface area contributed by atoms with E-state index in [4.69, 9.17) is 0 Å². The van der Waals surface area contributed by atoms with Crippen LogP contribution in [0.5, 0.6) is 0 Å². The topological polar surface area (TPSA) is 26.7 Å². The number of aliphatic hydroxyl groups is 1. The first kappa shape index (κ1) is 14.3. The van der Waals surface area contributed by atoms with Crippen LogP contribution < -0.4 is 4.90 Å². The van der Waals surface area contributed by atoms with E-state index in [1.54, 1.807) is 13.0 Å². The maximum absolute atomic E-state index is 13.4. The second-order valence-electron chi connectivity index (χ2n) is 5.54. The van der Waals surface area contributed by atoms with Crippen LogP contribution in [0.3, 0.4) is 0 Å². The lowest BCUT2D eigenvalue weighted by Gasteiger charge is -2.32. The van der Waals surface area contributed by atoms with Gasteiger partial charge in [0.2, 0.25) is 0 Å². The molecule has 1 heterocycles. The summed E-state index contributed by atoms with van der Waals surface area (Å²) in [6.45, 7) is 6.86. The maximum atomic E-state index is 13.4. The van der Waals surface area contributed by atoms with Gasteiger partial charge >= 0.3 is 0 Å². The second kappa shape index (κ2) is 5.88. The highest BCUT2D eigenvalue weighted by atomic mass is 19.1. The summed E-state index contributed by atoms with van der Waals surface area (Å²) >= 11 is 0. The van der Waals surface area contributed by atoms with E-state index in [1.807, 2.05) is 0 Å². The van der Waals surface area contributed by atoms with Gasteiger partial charge in [-0.3, -0.25) is 0 Å². The molecule has 1 N–H and O–H groups in total. The molecule has 1 aromatic carbocycles. The molecule has 0 saturated carbocycles. The summed E-state index contributed by atoms with van der Waals surface area (Å²) in [6.07, 6.45) is 0.427. The minimum Gasteiger partial charge on any atom is -0.389 e. The Kier molecular flexibility index (Phi) is 4.42. The molecule has 1 aliphatic rings. The molecule has 2 unspecified atom stereocenters. The first-order valence-corrected chi connectivity index (χ1v) is 6.91. The highest BCUT2D eigenvalue weighted by Gasteiger charge is 2.23. The number of hydrogen-bond acceptors (Lipinski definition) is 3. The number of anilines is 1. The molecule has 0 spiro atoms. The van der Waals surface area contributed by atoms with Crippen molar-refractivity contribution in [3.05, 3.63) is 29.6 Å². The quantitative estimate of drug-likeness (QED) is 0.890. The monoisotopic (exact) mass is 266 g/mol. The summed E-state index contributed by atoms with van der Waals surface area (Å²) in [5.74, 6) is -0.292. The van der Waals surface area contributed by atoms with Crippen LogP contribution in [-0.2, 0) is 0 Å². The first-order valence-electron chi connectivity index (χ1n) is 6.91.